The molecule has 0 bridgehead atoms. The minimum absolute atomic E-state index is 0.0622. The summed E-state index contributed by atoms with van der Waals surface area (Å²) in [5, 5.41) is 3.44. The highest BCUT2D eigenvalue weighted by Crippen LogP contribution is 2.26. The van der Waals surface area contributed by atoms with Crippen LogP contribution in [0.25, 0.3) is 0 Å². The van der Waals surface area contributed by atoms with Gasteiger partial charge in [-0.05, 0) is 32.3 Å². The summed E-state index contributed by atoms with van der Waals surface area (Å²) in [6.45, 7) is 5.82. The Morgan fingerprint density at radius 1 is 1.44 bits per heavy atom. The van der Waals surface area contributed by atoms with Crippen LogP contribution in [0.2, 0.25) is 0 Å². The van der Waals surface area contributed by atoms with E-state index < -0.39 is 0 Å². The van der Waals surface area contributed by atoms with Gasteiger partial charge in [-0.25, -0.2) is 4.39 Å². The number of rotatable bonds is 5. The van der Waals surface area contributed by atoms with Crippen LogP contribution in [0.4, 0.5) is 4.39 Å². The fourth-order valence-corrected chi connectivity index (χ4v) is 2.55. The van der Waals surface area contributed by atoms with Crippen LogP contribution in [0.3, 0.4) is 0 Å². The average Bonchev–Trinajstić information content (AvgIpc) is 2.79. The molecule has 0 saturated carbocycles. The van der Waals surface area contributed by atoms with Crippen molar-refractivity contribution in [1.29, 1.82) is 0 Å². The van der Waals surface area contributed by atoms with Gasteiger partial charge in [-0.2, -0.15) is 0 Å². The first-order chi connectivity index (χ1) is 8.64. The average molecular weight is 251 g/mol. The van der Waals surface area contributed by atoms with Crippen LogP contribution in [0.5, 0.6) is 0 Å². The summed E-state index contributed by atoms with van der Waals surface area (Å²) in [5.41, 5.74) is 0.667. The molecule has 0 amide bonds. The predicted molar refractivity (Wildman–Crippen MR) is 71.0 cm³/mol. The second kappa shape index (κ2) is 5.81. The Morgan fingerprint density at radius 2 is 2.22 bits per heavy atom. The van der Waals surface area contributed by atoms with E-state index >= 15 is 0 Å². The molecule has 1 N–H and O–H groups in total. The lowest BCUT2D eigenvalue weighted by Crippen LogP contribution is -2.39. The van der Waals surface area contributed by atoms with E-state index in [1.165, 1.54) is 6.07 Å². The van der Waals surface area contributed by atoms with Crippen molar-refractivity contribution in [2.75, 3.05) is 13.2 Å². The van der Waals surface area contributed by atoms with Crippen molar-refractivity contribution in [3.8, 4) is 0 Å². The molecule has 1 aromatic rings. The molecule has 0 radical (unpaired) electrons. The Hall–Kier alpha value is -0.930. The largest absolute Gasteiger partial charge is 0.374 e. The molecule has 2 rings (SSSR count). The number of hydrogen-bond acceptors (Lipinski definition) is 2. The first-order valence-electron chi connectivity index (χ1n) is 6.76. The molecule has 2 nitrogen and oxygen atoms in total. The summed E-state index contributed by atoms with van der Waals surface area (Å²) in [7, 11) is 0. The number of benzene rings is 1. The van der Waals surface area contributed by atoms with E-state index in [4.69, 9.17) is 4.74 Å². The number of nitrogens with one attached hydrogen (secondary N) is 1. The van der Waals surface area contributed by atoms with Gasteiger partial charge >= 0.3 is 0 Å². The standard InChI is InChI=1S/C15H22FNO/c1-3-14(12-7-4-5-8-13(12)16)17-11-15(2)9-6-10-18-15/h4-5,7-8,14,17H,3,6,9-11H2,1-2H3. The highest BCUT2D eigenvalue weighted by atomic mass is 19.1. The van der Waals surface area contributed by atoms with E-state index in [1.807, 2.05) is 12.1 Å². The van der Waals surface area contributed by atoms with Crippen molar-refractivity contribution in [2.24, 2.45) is 0 Å². The van der Waals surface area contributed by atoms with Gasteiger partial charge in [-0.1, -0.05) is 25.1 Å². The highest BCUT2D eigenvalue weighted by Gasteiger charge is 2.30. The summed E-state index contributed by atoms with van der Waals surface area (Å²) in [4.78, 5) is 0. The van der Waals surface area contributed by atoms with Crippen molar-refractivity contribution in [2.45, 2.75) is 44.8 Å². The van der Waals surface area contributed by atoms with Crippen LogP contribution < -0.4 is 5.32 Å². The van der Waals surface area contributed by atoms with E-state index in [0.717, 1.165) is 38.0 Å². The molecule has 100 valence electrons. The second-order valence-corrected chi connectivity index (χ2v) is 5.27. The zero-order valence-electron chi connectivity index (χ0n) is 11.2. The van der Waals surface area contributed by atoms with Gasteiger partial charge in [0.2, 0.25) is 0 Å². The van der Waals surface area contributed by atoms with Gasteiger partial charge in [0.05, 0.1) is 5.60 Å². The molecule has 1 fully saturated rings. The minimum Gasteiger partial charge on any atom is -0.374 e. The van der Waals surface area contributed by atoms with Gasteiger partial charge in [-0.3, -0.25) is 0 Å². The smallest absolute Gasteiger partial charge is 0.127 e. The van der Waals surface area contributed by atoms with Crippen LogP contribution >= 0.6 is 0 Å². The van der Waals surface area contributed by atoms with Crippen molar-refractivity contribution in [3.63, 3.8) is 0 Å². The first-order valence-corrected chi connectivity index (χ1v) is 6.76. The van der Waals surface area contributed by atoms with E-state index in [-0.39, 0.29) is 17.5 Å². The van der Waals surface area contributed by atoms with Gasteiger partial charge in [0.25, 0.3) is 0 Å². The Balaban J connectivity index is 1.99. The number of halogens is 1. The molecular formula is C15H22FNO. The predicted octanol–water partition coefficient (Wildman–Crippen LogP) is 3.44. The number of hydrogen-bond donors (Lipinski definition) is 1. The van der Waals surface area contributed by atoms with Crippen LogP contribution in [-0.2, 0) is 4.74 Å². The topological polar surface area (TPSA) is 21.3 Å². The minimum atomic E-state index is -0.130. The summed E-state index contributed by atoms with van der Waals surface area (Å²) in [6.07, 6.45) is 3.07. The van der Waals surface area contributed by atoms with Crippen molar-refractivity contribution >= 4 is 0 Å². The molecule has 0 aliphatic carbocycles. The zero-order chi connectivity index (χ0) is 13.0. The third-order valence-electron chi connectivity index (χ3n) is 3.71. The molecular weight excluding hydrogens is 229 g/mol. The van der Waals surface area contributed by atoms with Gasteiger partial charge in [0, 0.05) is 24.8 Å². The highest BCUT2D eigenvalue weighted by molar-refractivity contribution is 5.21. The van der Waals surface area contributed by atoms with E-state index in [9.17, 15) is 4.39 Å². The lowest BCUT2D eigenvalue weighted by molar-refractivity contribution is 0.0185. The summed E-state index contributed by atoms with van der Waals surface area (Å²) in [5.74, 6) is -0.130. The molecule has 1 heterocycles. The van der Waals surface area contributed by atoms with E-state index in [2.05, 4.69) is 19.2 Å². The van der Waals surface area contributed by atoms with Crippen molar-refractivity contribution in [1.82, 2.24) is 5.32 Å². The maximum absolute atomic E-state index is 13.8. The van der Waals surface area contributed by atoms with Crippen LogP contribution in [0.1, 0.15) is 44.7 Å². The van der Waals surface area contributed by atoms with Gasteiger partial charge in [-0.15, -0.1) is 0 Å². The fourth-order valence-electron chi connectivity index (χ4n) is 2.55. The Morgan fingerprint density at radius 3 is 2.83 bits per heavy atom. The van der Waals surface area contributed by atoms with Crippen molar-refractivity contribution < 1.29 is 9.13 Å². The molecule has 1 aromatic carbocycles. The maximum atomic E-state index is 13.8. The molecule has 0 spiro atoms. The summed E-state index contributed by atoms with van der Waals surface area (Å²) < 4.78 is 19.5. The van der Waals surface area contributed by atoms with Crippen LogP contribution in [-0.4, -0.2) is 18.8 Å². The third kappa shape index (κ3) is 3.09. The maximum Gasteiger partial charge on any atom is 0.127 e. The Labute approximate surface area is 109 Å². The van der Waals surface area contributed by atoms with Gasteiger partial charge in [0.15, 0.2) is 0 Å². The fraction of sp³-hybridized carbons (Fsp3) is 0.600. The van der Waals surface area contributed by atoms with Crippen molar-refractivity contribution in [3.05, 3.63) is 35.6 Å². The monoisotopic (exact) mass is 251 g/mol. The molecule has 3 heteroatoms. The van der Waals surface area contributed by atoms with E-state index in [1.54, 1.807) is 6.07 Å². The lowest BCUT2D eigenvalue weighted by atomic mass is 9.99. The molecule has 2 atom stereocenters. The second-order valence-electron chi connectivity index (χ2n) is 5.27. The Bertz CT molecular complexity index is 388. The van der Waals surface area contributed by atoms with Crippen LogP contribution in [0, 0.1) is 5.82 Å². The Kier molecular flexibility index (Phi) is 4.36. The molecule has 1 saturated heterocycles. The molecule has 18 heavy (non-hydrogen) atoms. The van der Waals surface area contributed by atoms with Crippen LogP contribution in [0.15, 0.2) is 24.3 Å². The third-order valence-corrected chi connectivity index (χ3v) is 3.71. The normalized spacial score (nSPS) is 25.3. The molecule has 1 aliphatic heterocycles. The van der Waals surface area contributed by atoms with Gasteiger partial charge in [0.1, 0.15) is 5.82 Å². The number of ether oxygens (including phenoxy) is 1. The lowest BCUT2D eigenvalue weighted by Gasteiger charge is -2.27. The quantitative estimate of drug-likeness (QED) is 0.865. The zero-order valence-corrected chi connectivity index (χ0v) is 11.2. The molecule has 2 unspecified atom stereocenters. The summed E-state index contributed by atoms with van der Waals surface area (Å²) in [6, 6.07) is 7.05. The van der Waals surface area contributed by atoms with E-state index in [0.29, 0.717) is 0 Å². The molecule has 0 aromatic heterocycles. The van der Waals surface area contributed by atoms with Gasteiger partial charge < -0.3 is 10.1 Å². The SMILES string of the molecule is CCC(NCC1(C)CCCO1)c1ccccc1F. The summed E-state index contributed by atoms with van der Waals surface area (Å²) >= 11 is 0. The molecule has 1 aliphatic rings. The first kappa shape index (κ1) is 13.5.